The van der Waals surface area contributed by atoms with Crippen LogP contribution in [0.15, 0.2) is 0 Å². The molecule has 0 radical (unpaired) electrons. The van der Waals surface area contributed by atoms with Crippen molar-refractivity contribution in [3.8, 4) is 0 Å². The molecule has 1 fully saturated rings. The molecule has 1 heterocycles. The van der Waals surface area contributed by atoms with Crippen LogP contribution in [0.1, 0.15) is 129 Å². The van der Waals surface area contributed by atoms with E-state index in [2.05, 4.69) is 20.0 Å². The molecule has 0 bridgehead atoms. The number of esters is 1. The van der Waals surface area contributed by atoms with Gasteiger partial charge in [0.15, 0.2) is 5.41 Å². The summed E-state index contributed by atoms with van der Waals surface area (Å²) in [5.41, 5.74) is -0.523. The fraction of sp³-hybridized carbons (Fsp3) is 0.960. The SMILES string of the molecule is CCCCCCCCCCCCCCCCCC(=O)OC1([SiH](C)C)CCCCO1.[CaH2]. The fourth-order valence-corrected chi connectivity index (χ4v) is 5.93. The summed E-state index contributed by atoms with van der Waals surface area (Å²) in [6.45, 7) is 7.49. The zero-order valence-corrected chi connectivity index (χ0v) is 21.1. The van der Waals surface area contributed by atoms with E-state index in [1.54, 1.807) is 0 Å². The Bertz CT molecular complexity index is 398. The van der Waals surface area contributed by atoms with Crippen molar-refractivity contribution in [2.75, 3.05) is 6.61 Å². The van der Waals surface area contributed by atoms with Crippen molar-refractivity contribution >= 4 is 52.5 Å². The first kappa shape index (κ1) is 30.9. The normalized spacial score (nSPS) is 18.9. The molecule has 1 rings (SSSR count). The van der Waals surface area contributed by atoms with Crippen molar-refractivity contribution in [2.45, 2.75) is 147 Å². The number of hydrogen-bond acceptors (Lipinski definition) is 3. The predicted molar refractivity (Wildman–Crippen MR) is 136 cm³/mol. The van der Waals surface area contributed by atoms with Gasteiger partial charge < -0.3 is 9.47 Å². The number of hydrogen-bond donors (Lipinski definition) is 0. The Morgan fingerprint density at radius 2 is 1.27 bits per heavy atom. The molecule has 0 aromatic heterocycles. The van der Waals surface area contributed by atoms with Crippen molar-refractivity contribution in [1.82, 2.24) is 0 Å². The molecule has 176 valence electrons. The molecule has 1 saturated heterocycles. The van der Waals surface area contributed by atoms with Gasteiger partial charge in [-0.2, -0.15) is 0 Å². The molecule has 1 unspecified atom stereocenters. The second kappa shape index (κ2) is 20.5. The van der Waals surface area contributed by atoms with Gasteiger partial charge in [0.2, 0.25) is 0 Å². The van der Waals surface area contributed by atoms with Crippen molar-refractivity contribution in [1.29, 1.82) is 0 Å². The Balaban J connectivity index is 0.00000841. The van der Waals surface area contributed by atoms with Gasteiger partial charge in [-0.3, -0.25) is 4.79 Å². The molecule has 5 heteroatoms. The summed E-state index contributed by atoms with van der Waals surface area (Å²) in [5, 5.41) is 0. The molecular formula is C25H52CaO3Si. The summed E-state index contributed by atoms with van der Waals surface area (Å²) in [6, 6.07) is 0. The number of ether oxygens (including phenoxy) is 2. The van der Waals surface area contributed by atoms with Crippen LogP contribution >= 0.6 is 0 Å². The van der Waals surface area contributed by atoms with E-state index in [1.807, 2.05) is 0 Å². The second-order valence-corrected chi connectivity index (χ2v) is 12.6. The van der Waals surface area contributed by atoms with Crippen molar-refractivity contribution < 1.29 is 14.3 Å². The molecule has 1 atom stereocenters. The van der Waals surface area contributed by atoms with Gasteiger partial charge in [0.1, 0.15) is 8.80 Å². The van der Waals surface area contributed by atoms with Crippen LogP contribution in [0.4, 0.5) is 0 Å². The minimum absolute atomic E-state index is 0. The third-order valence-corrected chi connectivity index (χ3v) is 8.75. The first-order valence-electron chi connectivity index (χ1n) is 13.0. The molecule has 0 aromatic rings. The average molecular weight is 469 g/mol. The van der Waals surface area contributed by atoms with Gasteiger partial charge in [0.25, 0.3) is 0 Å². The molecule has 30 heavy (non-hydrogen) atoms. The van der Waals surface area contributed by atoms with E-state index in [0.29, 0.717) is 6.42 Å². The second-order valence-electron chi connectivity index (χ2n) is 9.45. The average Bonchev–Trinajstić information content (AvgIpc) is 2.71. The first-order chi connectivity index (χ1) is 14.1. The summed E-state index contributed by atoms with van der Waals surface area (Å²) < 4.78 is 11.8. The van der Waals surface area contributed by atoms with Crippen LogP contribution in [0.25, 0.3) is 0 Å². The molecule has 0 amide bonds. The third-order valence-electron chi connectivity index (χ3n) is 6.42. The van der Waals surface area contributed by atoms with Gasteiger partial charge in [0, 0.05) is 12.8 Å². The summed E-state index contributed by atoms with van der Waals surface area (Å²) in [6.07, 6.45) is 23.9. The zero-order valence-electron chi connectivity index (χ0n) is 19.9. The van der Waals surface area contributed by atoms with Crippen LogP contribution in [0.5, 0.6) is 0 Å². The van der Waals surface area contributed by atoms with Crippen molar-refractivity contribution in [2.24, 2.45) is 0 Å². The summed E-state index contributed by atoms with van der Waals surface area (Å²) in [5.74, 6) is -0.0391. The van der Waals surface area contributed by atoms with Gasteiger partial charge in [-0.05, 0) is 19.3 Å². The van der Waals surface area contributed by atoms with Gasteiger partial charge in [-0.25, -0.2) is 0 Å². The van der Waals surface area contributed by atoms with E-state index in [1.165, 1.54) is 83.5 Å². The molecular weight excluding hydrogens is 416 g/mol. The van der Waals surface area contributed by atoms with Crippen LogP contribution in [-0.4, -0.2) is 64.5 Å². The van der Waals surface area contributed by atoms with E-state index in [0.717, 1.165) is 38.7 Å². The molecule has 0 saturated carbocycles. The predicted octanol–water partition coefficient (Wildman–Crippen LogP) is 6.80. The summed E-state index contributed by atoms with van der Waals surface area (Å²) >= 11 is 0. The maximum absolute atomic E-state index is 12.3. The van der Waals surface area contributed by atoms with Crippen LogP contribution < -0.4 is 0 Å². The number of rotatable bonds is 18. The Hall–Kier alpha value is 0.907. The zero-order chi connectivity index (χ0) is 21.2. The van der Waals surface area contributed by atoms with Crippen molar-refractivity contribution in [3.63, 3.8) is 0 Å². The van der Waals surface area contributed by atoms with Gasteiger partial charge >= 0.3 is 43.7 Å². The van der Waals surface area contributed by atoms with Crippen LogP contribution in [0, 0.1) is 0 Å². The fourth-order valence-electron chi connectivity index (χ4n) is 4.33. The van der Waals surface area contributed by atoms with E-state index >= 15 is 0 Å². The Morgan fingerprint density at radius 1 is 0.800 bits per heavy atom. The third kappa shape index (κ3) is 14.9. The van der Waals surface area contributed by atoms with Crippen LogP contribution in [-0.2, 0) is 14.3 Å². The topological polar surface area (TPSA) is 35.5 Å². The Kier molecular flexibility index (Phi) is 21.1. The minimum atomic E-state index is -1.19. The number of carbonyl (C=O) groups is 1. The number of unbranched alkanes of at least 4 members (excludes halogenated alkanes) is 14. The van der Waals surface area contributed by atoms with E-state index < -0.39 is 14.2 Å². The Labute approximate surface area is 219 Å². The monoisotopic (exact) mass is 468 g/mol. The molecule has 0 spiro atoms. The molecule has 0 N–H and O–H groups in total. The quantitative estimate of drug-likeness (QED) is 0.126. The summed E-state index contributed by atoms with van der Waals surface area (Å²) in [4.78, 5) is 12.3. The van der Waals surface area contributed by atoms with Crippen molar-refractivity contribution in [3.05, 3.63) is 0 Å². The molecule has 0 aliphatic carbocycles. The Morgan fingerprint density at radius 3 is 1.67 bits per heavy atom. The van der Waals surface area contributed by atoms with Crippen LogP contribution in [0.3, 0.4) is 0 Å². The van der Waals surface area contributed by atoms with Gasteiger partial charge in [-0.1, -0.05) is 110 Å². The molecule has 1 aliphatic rings. The van der Waals surface area contributed by atoms with Gasteiger partial charge in [-0.15, -0.1) is 0 Å². The molecule has 1 aliphatic heterocycles. The van der Waals surface area contributed by atoms with E-state index in [4.69, 9.17) is 9.47 Å². The van der Waals surface area contributed by atoms with Gasteiger partial charge in [0.05, 0.1) is 6.61 Å². The molecule has 3 nitrogen and oxygen atoms in total. The number of carbonyl (C=O) groups excluding carboxylic acids is 1. The summed E-state index contributed by atoms with van der Waals surface area (Å²) in [7, 11) is -1.19. The maximum atomic E-state index is 12.3. The van der Waals surface area contributed by atoms with E-state index in [-0.39, 0.29) is 43.7 Å². The molecule has 0 aromatic carbocycles. The first-order valence-corrected chi connectivity index (χ1v) is 15.8. The standard InChI is InChI=1S/C25H50O3Si.Ca.2H/c1-4-5-6-7-8-9-10-11-12-13-14-15-16-17-18-21-24(26)28-25(29(2)3)22-19-20-23-27-25;;;/h29H,4-23H2,1-3H3;;;. The van der Waals surface area contributed by atoms with E-state index in [9.17, 15) is 4.79 Å². The van der Waals surface area contributed by atoms with Crippen LogP contribution in [0.2, 0.25) is 13.1 Å².